The molecule has 1 aromatic rings. The molecule has 0 aliphatic carbocycles. The van der Waals surface area contributed by atoms with Crippen molar-refractivity contribution in [2.24, 2.45) is 5.73 Å². The standard InChI is InChI=1S/C14H22Cl2N2/c1-3-8-18(9-4-2)13(10-17)14-11(15)6-5-7-12(14)16/h5-7,13H,3-4,8-10,17H2,1-2H3. The van der Waals surface area contributed by atoms with Gasteiger partial charge in [0.2, 0.25) is 0 Å². The van der Waals surface area contributed by atoms with Crippen LogP contribution in [-0.2, 0) is 0 Å². The highest BCUT2D eigenvalue weighted by Crippen LogP contribution is 2.33. The molecule has 0 fully saturated rings. The van der Waals surface area contributed by atoms with Gasteiger partial charge in [-0.25, -0.2) is 0 Å². The number of hydrogen-bond donors (Lipinski definition) is 1. The highest BCUT2D eigenvalue weighted by Gasteiger charge is 2.22. The minimum Gasteiger partial charge on any atom is -0.329 e. The molecule has 4 heteroatoms. The normalized spacial score (nSPS) is 13.0. The van der Waals surface area contributed by atoms with Gasteiger partial charge in [-0.05, 0) is 38.1 Å². The Bertz CT molecular complexity index is 343. The summed E-state index contributed by atoms with van der Waals surface area (Å²) in [5.41, 5.74) is 6.91. The third-order valence-corrected chi connectivity index (χ3v) is 3.68. The fourth-order valence-corrected chi connectivity index (χ4v) is 2.93. The second kappa shape index (κ2) is 8.00. The number of rotatable bonds is 7. The van der Waals surface area contributed by atoms with E-state index in [1.807, 2.05) is 18.2 Å². The first-order valence-electron chi connectivity index (χ1n) is 6.53. The van der Waals surface area contributed by atoms with Crippen molar-refractivity contribution in [3.05, 3.63) is 33.8 Å². The number of benzene rings is 1. The van der Waals surface area contributed by atoms with Crippen molar-refractivity contribution in [1.82, 2.24) is 4.90 Å². The summed E-state index contributed by atoms with van der Waals surface area (Å²) in [5, 5.41) is 1.41. The molecule has 0 saturated carbocycles. The van der Waals surface area contributed by atoms with Crippen LogP contribution in [0.3, 0.4) is 0 Å². The first kappa shape index (κ1) is 15.8. The van der Waals surface area contributed by atoms with Gasteiger partial charge in [0.1, 0.15) is 0 Å². The fourth-order valence-electron chi connectivity index (χ4n) is 2.28. The largest absolute Gasteiger partial charge is 0.329 e. The highest BCUT2D eigenvalue weighted by molar-refractivity contribution is 6.36. The van der Waals surface area contributed by atoms with Gasteiger partial charge in [-0.2, -0.15) is 0 Å². The van der Waals surface area contributed by atoms with E-state index in [2.05, 4.69) is 18.7 Å². The summed E-state index contributed by atoms with van der Waals surface area (Å²) in [6.07, 6.45) is 2.19. The number of halogens is 2. The Morgan fingerprint density at radius 3 is 2.00 bits per heavy atom. The van der Waals surface area contributed by atoms with E-state index in [9.17, 15) is 0 Å². The summed E-state index contributed by atoms with van der Waals surface area (Å²) in [5.74, 6) is 0. The molecule has 1 rings (SSSR count). The fraction of sp³-hybridized carbons (Fsp3) is 0.571. The lowest BCUT2D eigenvalue weighted by molar-refractivity contribution is 0.202. The second-order valence-corrected chi connectivity index (χ2v) is 5.24. The van der Waals surface area contributed by atoms with E-state index in [1.165, 1.54) is 0 Å². The van der Waals surface area contributed by atoms with E-state index < -0.39 is 0 Å². The van der Waals surface area contributed by atoms with Crippen LogP contribution in [0.15, 0.2) is 18.2 Å². The Kier molecular flexibility index (Phi) is 7.02. The zero-order valence-corrected chi connectivity index (χ0v) is 12.6. The second-order valence-electron chi connectivity index (χ2n) is 4.42. The molecule has 0 aromatic heterocycles. The molecule has 0 bridgehead atoms. The van der Waals surface area contributed by atoms with Crippen LogP contribution in [-0.4, -0.2) is 24.5 Å². The summed E-state index contributed by atoms with van der Waals surface area (Å²) in [6, 6.07) is 5.72. The monoisotopic (exact) mass is 288 g/mol. The maximum Gasteiger partial charge on any atom is 0.0500 e. The Balaban J connectivity index is 3.06. The van der Waals surface area contributed by atoms with Gasteiger partial charge in [0.25, 0.3) is 0 Å². The molecule has 1 unspecified atom stereocenters. The predicted octanol–water partition coefficient (Wildman–Crippen LogP) is 4.12. The average Bonchev–Trinajstić information content (AvgIpc) is 2.34. The topological polar surface area (TPSA) is 29.3 Å². The molecular weight excluding hydrogens is 267 g/mol. The van der Waals surface area contributed by atoms with Gasteiger partial charge < -0.3 is 5.73 Å². The van der Waals surface area contributed by atoms with Crippen molar-refractivity contribution >= 4 is 23.2 Å². The van der Waals surface area contributed by atoms with Gasteiger partial charge in [0.05, 0.1) is 0 Å². The third-order valence-electron chi connectivity index (χ3n) is 3.02. The SMILES string of the molecule is CCCN(CCC)C(CN)c1c(Cl)cccc1Cl. The number of hydrogen-bond acceptors (Lipinski definition) is 2. The summed E-state index contributed by atoms with van der Waals surface area (Å²) in [6.45, 7) is 6.90. The minimum absolute atomic E-state index is 0.103. The maximum absolute atomic E-state index is 6.28. The lowest BCUT2D eigenvalue weighted by atomic mass is 10.0. The van der Waals surface area contributed by atoms with Crippen LogP contribution in [0.1, 0.15) is 38.3 Å². The van der Waals surface area contributed by atoms with E-state index in [4.69, 9.17) is 28.9 Å². The molecule has 18 heavy (non-hydrogen) atoms. The molecule has 1 atom stereocenters. The van der Waals surface area contributed by atoms with Crippen molar-refractivity contribution in [2.45, 2.75) is 32.7 Å². The van der Waals surface area contributed by atoms with Crippen LogP contribution in [0, 0.1) is 0 Å². The van der Waals surface area contributed by atoms with E-state index >= 15 is 0 Å². The third kappa shape index (κ3) is 3.86. The van der Waals surface area contributed by atoms with Gasteiger partial charge in [-0.1, -0.05) is 43.1 Å². The Morgan fingerprint density at radius 2 is 1.61 bits per heavy atom. The molecule has 0 radical (unpaired) electrons. The van der Waals surface area contributed by atoms with E-state index in [1.54, 1.807) is 0 Å². The van der Waals surface area contributed by atoms with Crippen LogP contribution in [0.2, 0.25) is 10.0 Å². The lowest BCUT2D eigenvalue weighted by Crippen LogP contribution is -2.35. The first-order chi connectivity index (χ1) is 8.65. The van der Waals surface area contributed by atoms with Crippen molar-refractivity contribution in [1.29, 1.82) is 0 Å². The molecule has 102 valence electrons. The van der Waals surface area contributed by atoms with Crippen molar-refractivity contribution in [3.63, 3.8) is 0 Å². The quantitative estimate of drug-likeness (QED) is 0.818. The summed E-state index contributed by atoms with van der Waals surface area (Å²) >= 11 is 12.6. The van der Waals surface area contributed by atoms with Crippen LogP contribution in [0.5, 0.6) is 0 Å². The molecule has 0 saturated heterocycles. The summed E-state index contributed by atoms with van der Waals surface area (Å²) in [4.78, 5) is 2.37. The molecule has 0 aliphatic heterocycles. The smallest absolute Gasteiger partial charge is 0.0500 e. The lowest BCUT2D eigenvalue weighted by Gasteiger charge is -2.31. The molecule has 1 aromatic carbocycles. The zero-order chi connectivity index (χ0) is 13.5. The summed E-state index contributed by atoms with van der Waals surface area (Å²) < 4.78 is 0. The average molecular weight is 289 g/mol. The molecular formula is C14H22Cl2N2. The minimum atomic E-state index is 0.103. The van der Waals surface area contributed by atoms with Crippen molar-refractivity contribution in [2.75, 3.05) is 19.6 Å². The molecule has 2 nitrogen and oxygen atoms in total. The molecule has 0 heterocycles. The molecule has 0 amide bonds. The van der Waals surface area contributed by atoms with Crippen molar-refractivity contribution in [3.8, 4) is 0 Å². The van der Waals surface area contributed by atoms with Gasteiger partial charge in [0.15, 0.2) is 0 Å². The Morgan fingerprint density at radius 1 is 1.11 bits per heavy atom. The van der Waals surface area contributed by atoms with Gasteiger partial charge in [-0.15, -0.1) is 0 Å². The van der Waals surface area contributed by atoms with Crippen LogP contribution >= 0.6 is 23.2 Å². The van der Waals surface area contributed by atoms with Gasteiger partial charge in [-0.3, -0.25) is 4.90 Å². The molecule has 0 spiro atoms. The maximum atomic E-state index is 6.28. The number of nitrogens with zero attached hydrogens (tertiary/aromatic N) is 1. The van der Waals surface area contributed by atoms with Crippen LogP contribution in [0.25, 0.3) is 0 Å². The first-order valence-corrected chi connectivity index (χ1v) is 7.29. The van der Waals surface area contributed by atoms with E-state index in [0.29, 0.717) is 16.6 Å². The highest BCUT2D eigenvalue weighted by atomic mass is 35.5. The molecule has 0 aliphatic rings. The predicted molar refractivity (Wildman–Crippen MR) is 80.4 cm³/mol. The summed E-state index contributed by atoms with van der Waals surface area (Å²) in [7, 11) is 0. The zero-order valence-electron chi connectivity index (χ0n) is 11.1. The van der Waals surface area contributed by atoms with Gasteiger partial charge in [0, 0.05) is 28.2 Å². The Hall–Kier alpha value is -0.280. The Labute approximate surface area is 120 Å². The van der Waals surface area contributed by atoms with Gasteiger partial charge >= 0.3 is 0 Å². The van der Waals surface area contributed by atoms with Crippen LogP contribution in [0.4, 0.5) is 0 Å². The van der Waals surface area contributed by atoms with E-state index in [-0.39, 0.29) is 6.04 Å². The van der Waals surface area contributed by atoms with Crippen molar-refractivity contribution < 1.29 is 0 Å². The molecule has 2 N–H and O–H groups in total. The van der Waals surface area contributed by atoms with E-state index in [0.717, 1.165) is 31.5 Å². The number of nitrogens with two attached hydrogens (primary N) is 1. The van der Waals surface area contributed by atoms with Crippen LogP contribution < -0.4 is 5.73 Å².